The van der Waals surface area contributed by atoms with Gasteiger partial charge in [0.2, 0.25) is 5.95 Å². The zero-order valence-corrected chi connectivity index (χ0v) is 18.2. The van der Waals surface area contributed by atoms with Gasteiger partial charge in [-0.05, 0) is 76.2 Å². The summed E-state index contributed by atoms with van der Waals surface area (Å²) in [4.78, 5) is 7.88. The van der Waals surface area contributed by atoms with Gasteiger partial charge in [-0.3, -0.25) is 0 Å². The van der Waals surface area contributed by atoms with E-state index >= 15 is 0 Å². The molecule has 0 aliphatic carbocycles. The topological polar surface area (TPSA) is 68.3 Å². The Balaban J connectivity index is 1.83. The molecule has 2 N–H and O–H groups in total. The van der Waals surface area contributed by atoms with E-state index < -0.39 is 11.7 Å². The van der Waals surface area contributed by atoms with Crippen LogP contribution >= 0.6 is 0 Å². The molecule has 9 heteroatoms. The maximum absolute atomic E-state index is 13.5. The lowest BCUT2D eigenvalue weighted by atomic mass is 10.2. The zero-order chi connectivity index (χ0) is 23.4. The molecule has 0 radical (unpaired) electrons. The van der Waals surface area contributed by atoms with E-state index in [1.807, 2.05) is 27.7 Å². The molecule has 0 aliphatic rings. The number of nitrogens with zero attached hydrogens (tertiary/aromatic N) is 2. The predicted molar refractivity (Wildman–Crippen MR) is 118 cm³/mol. The maximum Gasteiger partial charge on any atom is 0.421 e. The lowest BCUT2D eigenvalue weighted by Gasteiger charge is -2.21. The molecule has 0 saturated carbocycles. The van der Waals surface area contributed by atoms with Crippen molar-refractivity contribution in [2.45, 2.75) is 39.5 Å². The third-order valence-electron chi connectivity index (χ3n) is 4.06. The average molecular weight is 446 g/mol. The second-order valence-corrected chi connectivity index (χ2v) is 7.90. The predicted octanol–water partition coefficient (Wildman–Crippen LogP) is 6.56. The van der Waals surface area contributed by atoms with Crippen LogP contribution in [0.1, 0.15) is 33.3 Å². The van der Waals surface area contributed by atoms with Crippen LogP contribution in [0.3, 0.4) is 0 Å². The van der Waals surface area contributed by atoms with Gasteiger partial charge in [-0.2, -0.15) is 18.2 Å². The van der Waals surface area contributed by atoms with Gasteiger partial charge in [0.15, 0.2) is 0 Å². The van der Waals surface area contributed by atoms with Gasteiger partial charge in [0.25, 0.3) is 0 Å². The van der Waals surface area contributed by atoms with E-state index in [2.05, 4.69) is 20.6 Å². The molecule has 1 heterocycles. The monoisotopic (exact) mass is 446 g/mol. The summed E-state index contributed by atoms with van der Waals surface area (Å²) in [6.07, 6.45) is -3.86. The van der Waals surface area contributed by atoms with Crippen molar-refractivity contribution < 1.29 is 22.6 Å². The molecule has 2 aromatic carbocycles. The van der Waals surface area contributed by atoms with Crippen LogP contribution in [0.5, 0.6) is 11.5 Å². The van der Waals surface area contributed by atoms with Crippen LogP contribution in [0.4, 0.5) is 36.3 Å². The van der Waals surface area contributed by atoms with Crippen LogP contribution in [0, 0.1) is 0 Å². The van der Waals surface area contributed by atoms with Crippen LogP contribution in [0.25, 0.3) is 0 Å². The fourth-order valence-electron chi connectivity index (χ4n) is 2.77. The van der Waals surface area contributed by atoms with Gasteiger partial charge < -0.3 is 20.1 Å². The van der Waals surface area contributed by atoms with Crippen molar-refractivity contribution in [2.75, 3.05) is 17.2 Å². The molecule has 3 rings (SSSR count). The number of rotatable bonds is 7. The van der Waals surface area contributed by atoms with Crippen LogP contribution in [0.2, 0.25) is 0 Å². The van der Waals surface area contributed by atoms with E-state index in [1.165, 1.54) is 0 Å². The van der Waals surface area contributed by atoms with E-state index in [-0.39, 0.29) is 17.4 Å². The minimum atomic E-state index is -4.62. The van der Waals surface area contributed by atoms with E-state index in [0.717, 1.165) is 6.20 Å². The standard InChI is InChI=1S/C23H25F3N4O2/c1-5-31-17-10-6-16(7-11-17)29-21-27-14-19(23(24,25)26)20(30-21)28-15-8-12-18(13-9-15)32-22(2,3)4/h6-14H,5H2,1-4H3,(H2,27,28,29,30). The Hall–Kier alpha value is -3.49. The van der Waals surface area contributed by atoms with Crippen molar-refractivity contribution in [1.29, 1.82) is 0 Å². The van der Waals surface area contributed by atoms with Crippen molar-refractivity contribution in [3.63, 3.8) is 0 Å². The van der Waals surface area contributed by atoms with Gasteiger partial charge >= 0.3 is 6.18 Å². The number of alkyl halides is 3. The molecule has 0 saturated heterocycles. The van der Waals surface area contributed by atoms with Gasteiger partial charge in [0.1, 0.15) is 28.5 Å². The molecule has 170 valence electrons. The third-order valence-corrected chi connectivity index (χ3v) is 4.06. The van der Waals surface area contributed by atoms with Crippen LogP contribution in [-0.4, -0.2) is 22.2 Å². The van der Waals surface area contributed by atoms with Crippen molar-refractivity contribution in [3.05, 3.63) is 60.3 Å². The van der Waals surface area contributed by atoms with Gasteiger partial charge in [0.05, 0.1) is 6.61 Å². The highest BCUT2D eigenvalue weighted by atomic mass is 19.4. The van der Waals surface area contributed by atoms with E-state index in [4.69, 9.17) is 9.47 Å². The molecule has 3 aromatic rings. The Bertz CT molecular complexity index is 1030. The Morgan fingerprint density at radius 1 is 0.844 bits per heavy atom. The van der Waals surface area contributed by atoms with Crippen molar-refractivity contribution >= 4 is 23.1 Å². The Morgan fingerprint density at radius 3 is 1.94 bits per heavy atom. The van der Waals surface area contributed by atoms with Crippen molar-refractivity contribution in [1.82, 2.24) is 9.97 Å². The van der Waals surface area contributed by atoms with Gasteiger partial charge in [-0.15, -0.1) is 0 Å². The third kappa shape index (κ3) is 6.50. The first kappa shape index (κ1) is 23.2. The van der Waals surface area contributed by atoms with Crippen LogP contribution < -0.4 is 20.1 Å². The maximum atomic E-state index is 13.5. The van der Waals surface area contributed by atoms with Crippen molar-refractivity contribution in [3.8, 4) is 11.5 Å². The van der Waals surface area contributed by atoms with E-state index in [0.29, 0.717) is 29.5 Å². The number of hydrogen-bond donors (Lipinski definition) is 2. The van der Waals surface area contributed by atoms with Gasteiger partial charge in [0, 0.05) is 17.6 Å². The molecule has 32 heavy (non-hydrogen) atoms. The fraction of sp³-hybridized carbons (Fsp3) is 0.304. The highest BCUT2D eigenvalue weighted by molar-refractivity contribution is 5.63. The first-order chi connectivity index (χ1) is 15.0. The summed E-state index contributed by atoms with van der Waals surface area (Å²) < 4.78 is 51.6. The number of halogens is 3. The molecule has 0 amide bonds. The summed E-state index contributed by atoms with van der Waals surface area (Å²) in [6.45, 7) is 8.15. The minimum Gasteiger partial charge on any atom is -0.494 e. The number of hydrogen-bond acceptors (Lipinski definition) is 6. The molecule has 0 aliphatic heterocycles. The number of nitrogens with one attached hydrogen (secondary N) is 2. The summed E-state index contributed by atoms with van der Waals surface area (Å²) in [5.41, 5.74) is -0.304. The van der Waals surface area contributed by atoms with Crippen LogP contribution in [0.15, 0.2) is 54.7 Å². The lowest BCUT2D eigenvalue weighted by Crippen LogP contribution is -2.22. The molecule has 1 aromatic heterocycles. The average Bonchev–Trinajstić information content (AvgIpc) is 2.69. The smallest absolute Gasteiger partial charge is 0.421 e. The fourth-order valence-corrected chi connectivity index (χ4v) is 2.77. The summed E-state index contributed by atoms with van der Waals surface area (Å²) in [6, 6.07) is 13.6. The molecule has 6 nitrogen and oxygen atoms in total. The molecule has 0 unspecified atom stereocenters. The second kappa shape index (κ2) is 9.33. The number of ether oxygens (including phenoxy) is 2. The van der Waals surface area contributed by atoms with Crippen molar-refractivity contribution in [2.24, 2.45) is 0 Å². The van der Waals surface area contributed by atoms with Gasteiger partial charge in [-0.25, -0.2) is 4.98 Å². The zero-order valence-electron chi connectivity index (χ0n) is 18.2. The number of benzene rings is 2. The van der Waals surface area contributed by atoms with E-state index in [1.54, 1.807) is 48.5 Å². The molecule has 0 fully saturated rings. The molecule has 0 atom stereocenters. The summed E-state index contributed by atoms with van der Waals surface area (Å²) >= 11 is 0. The SMILES string of the molecule is CCOc1ccc(Nc2ncc(C(F)(F)F)c(Nc3ccc(OC(C)(C)C)cc3)n2)cc1. The number of aromatic nitrogens is 2. The normalized spacial score (nSPS) is 11.7. The first-order valence-corrected chi connectivity index (χ1v) is 10.0. The van der Waals surface area contributed by atoms with Crippen LogP contribution in [-0.2, 0) is 6.18 Å². The summed E-state index contributed by atoms with van der Waals surface area (Å²) in [5.74, 6) is 0.968. The Kier molecular flexibility index (Phi) is 6.76. The number of anilines is 4. The first-order valence-electron chi connectivity index (χ1n) is 10.0. The largest absolute Gasteiger partial charge is 0.494 e. The molecule has 0 bridgehead atoms. The lowest BCUT2D eigenvalue weighted by molar-refractivity contribution is -0.137. The van der Waals surface area contributed by atoms with E-state index in [9.17, 15) is 13.2 Å². The quantitative estimate of drug-likeness (QED) is 0.428. The summed E-state index contributed by atoms with van der Waals surface area (Å²) in [5, 5.41) is 5.64. The molecular weight excluding hydrogens is 421 g/mol. The highest BCUT2D eigenvalue weighted by Crippen LogP contribution is 2.35. The Labute approximate surface area is 184 Å². The molecular formula is C23H25F3N4O2. The summed E-state index contributed by atoms with van der Waals surface area (Å²) in [7, 11) is 0. The Morgan fingerprint density at radius 2 is 1.41 bits per heavy atom. The minimum absolute atomic E-state index is 0.0253. The van der Waals surface area contributed by atoms with Gasteiger partial charge in [-0.1, -0.05) is 0 Å². The molecule has 0 spiro atoms. The second-order valence-electron chi connectivity index (χ2n) is 7.90. The highest BCUT2D eigenvalue weighted by Gasteiger charge is 2.35.